The van der Waals surface area contributed by atoms with Gasteiger partial charge in [0.1, 0.15) is 0 Å². The summed E-state index contributed by atoms with van der Waals surface area (Å²) in [5.74, 6) is 0. The monoisotopic (exact) mass is 396 g/mol. The number of halogens is 2. The Labute approximate surface area is 136 Å². The minimum atomic E-state index is -0.236. The van der Waals surface area contributed by atoms with E-state index in [2.05, 4.69) is 70.0 Å². The lowest BCUT2D eigenvalue weighted by molar-refractivity contribution is 0.573. The highest BCUT2D eigenvalue weighted by molar-refractivity contribution is 9.10. The maximum absolute atomic E-state index is 6.35. The van der Waals surface area contributed by atoms with Crippen LogP contribution in [0.1, 0.15) is 34.3 Å². The molecule has 0 bridgehead atoms. The molecular formula is C16H18Br2N2. The Morgan fingerprint density at radius 1 is 0.700 bits per heavy atom. The fourth-order valence-electron chi connectivity index (χ4n) is 2.33. The third-order valence-corrected chi connectivity index (χ3v) is 4.20. The third kappa shape index (κ3) is 3.70. The van der Waals surface area contributed by atoms with E-state index in [1.807, 2.05) is 12.1 Å². The van der Waals surface area contributed by atoms with Gasteiger partial charge in [0, 0.05) is 21.0 Å². The van der Waals surface area contributed by atoms with Crippen LogP contribution in [0.15, 0.2) is 45.3 Å². The minimum Gasteiger partial charge on any atom is -0.322 e. The molecule has 0 heterocycles. The highest BCUT2D eigenvalue weighted by atomic mass is 79.9. The van der Waals surface area contributed by atoms with Crippen LogP contribution in [0.2, 0.25) is 0 Å². The highest BCUT2D eigenvalue weighted by Crippen LogP contribution is 2.29. The molecule has 0 saturated heterocycles. The van der Waals surface area contributed by atoms with Crippen LogP contribution in [0.4, 0.5) is 0 Å². The van der Waals surface area contributed by atoms with Gasteiger partial charge in [-0.05, 0) is 60.4 Å². The second-order valence-electron chi connectivity index (χ2n) is 5.18. The molecule has 0 amide bonds. The maximum Gasteiger partial charge on any atom is 0.0491 e. The van der Waals surface area contributed by atoms with Gasteiger partial charge < -0.3 is 11.5 Å². The fraction of sp³-hybridized carbons (Fsp3) is 0.250. The first-order valence-electron chi connectivity index (χ1n) is 6.42. The molecule has 0 fully saturated rings. The van der Waals surface area contributed by atoms with Gasteiger partial charge in [0.15, 0.2) is 0 Å². The second-order valence-corrected chi connectivity index (χ2v) is 7.01. The summed E-state index contributed by atoms with van der Waals surface area (Å²) >= 11 is 7.01. The van der Waals surface area contributed by atoms with E-state index in [9.17, 15) is 0 Å². The predicted octanol–water partition coefficient (Wildman–Crippen LogP) is 4.53. The molecular weight excluding hydrogens is 380 g/mol. The Hall–Kier alpha value is -0.680. The molecule has 2 nitrogen and oxygen atoms in total. The predicted molar refractivity (Wildman–Crippen MR) is 91.6 cm³/mol. The fourth-order valence-corrected chi connectivity index (χ4v) is 3.58. The summed E-state index contributed by atoms with van der Waals surface area (Å²) in [5.41, 5.74) is 17.1. The van der Waals surface area contributed by atoms with E-state index >= 15 is 0 Å². The zero-order valence-corrected chi connectivity index (χ0v) is 14.7. The van der Waals surface area contributed by atoms with Crippen molar-refractivity contribution in [2.45, 2.75) is 25.9 Å². The van der Waals surface area contributed by atoms with Gasteiger partial charge >= 0.3 is 0 Å². The van der Waals surface area contributed by atoms with Crippen molar-refractivity contribution in [3.63, 3.8) is 0 Å². The number of benzene rings is 2. The second kappa shape index (κ2) is 6.39. The van der Waals surface area contributed by atoms with Crippen molar-refractivity contribution in [2.24, 2.45) is 11.5 Å². The van der Waals surface area contributed by atoms with E-state index in [1.54, 1.807) is 0 Å². The highest BCUT2D eigenvalue weighted by Gasteiger charge is 2.18. The topological polar surface area (TPSA) is 52.0 Å². The number of nitrogens with two attached hydrogens (primary N) is 2. The number of aryl methyl sites for hydroxylation is 2. The average Bonchev–Trinajstić information content (AvgIpc) is 2.34. The molecule has 0 aliphatic heterocycles. The zero-order valence-electron chi connectivity index (χ0n) is 11.5. The molecule has 2 aromatic rings. The summed E-state index contributed by atoms with van der Waals surface area (Å²) in [7, 11) is 0. The summed E-state index contributed by atoms with van der Waals surface area (Å²) in [5, 5.41) is 0. The van der Waals surface area contributed by atoms with Crippen molar-refractivity contribution in [1.82, 2.24) is 0 Å². The van der Waals surface area contributed by atoms with E-state index < -0.39 is 0 Å². The number of hydrogen-bond donors (Lipinski definition) is 2. The number of rotatable bonds is 3. The van der Waals surface area contributed by atoms with Crippen LogP contribution in [0.3, 0.4) is 0 Å². The van der Waals surface area contributed by atoms with Gasteiger partial charge in [-0.25, -0.2) is 0 Å². The standard InChI is InChI=1S/C16H18Br2N2/c1-9-3-11(7-13(17)5-9)15(19)16(20)12-4-10(2)6-14(18)8-12/h3-8,15-16H,19-20H2,1-2H3. The van der Waals surface area contributed by atoms with Gasteiger partial charge in [-0.1, -0.05) is 44.0 Å². The lowest BCUT2D eigenvalue weighted by Crippen LogP contribution is -2.26. The molecule has 0 aliphatic carbocycles. The van der Waals surface area contributed by atoms with Crippen molar-refractivity contribution < 1.29 is 0 Å². The molecule has 2 rings (SSSR count). The van der Waals surface area contributed by atoms with Crippen LogP contribution in [0.25, 0.3) is 0 Å². The molecule has 2 atom stereocenters. The van der Waals surface area contributed by atoms with E-state index in [1.165, 1.54) is 11.1 Å². The van der Waals surface area contributed by atoms with Crippen molar-refractivity contribution in [3.8, 4) is 0 Å². The van der Waals surface area contributed by atoms with Crippen molar-refractivity contribution >= 4 is 31.9 Å². The summed E-state index contributed by atoms with van der Waals surface area (Å²) in [6.45, 7) is 4.10. The van der Waals surface area contributed by atoms with Gasteiger partial charge in [0.05, 0.1) is 0 Å². The van der Waals surface area contributed by atoms with Crippen LogP contribution < -0.4 is 11.5 Å². The van der Waals surface area contributed by atoms with Gasteiger partial charge in [0.2, 0.25) is 0 Å². The van der Waals surface area contributed by atoms with Gasteiger partial charge in [-0.15, -0.1) is 0 Å². The molecule has 106 valence electrons. The summed E-state index contributed by atoms with van der Waals surface area (Å²) in [6.07, 6.45) is 0. The molecule has 4 N–H and O–H groups in total. The molecule has 20 heavy (non-hydrogen) atoms. The molecule has 4 heteroatoms. The first-order valence-corrected chi connectivity index (χ1v) is 8.01. The summed E-state index contributed by atoms with van der Waals surface area (Å²) in [4.78, 5) is 0. The quantitative estimate of drug-likeness (QED) is 0.799. The summed E-state index contributed by atoms with van der Waals surface area (Å²) < 4.78 is 2.06. The Kier molecular flexibility index (Phi) is 5.02. The lowest BCUT2D eigenvalue weighted by Gasteiger charge is -2.22. The molecule has 0 aliphatic rings. The molecule has 0 radical (unpaired) electrons. The van der Waals surface area contributed by atoms with Crippen LogP contribution in [0, 0.1) is 13.8 Å². The normalized spacial score (nSPS) is 14.1. The zero-order chi connectivity index (χ0) is 14.9. The Morgan fingerprint density at radius 3 is 1.35 bits per heavy atom. The average molecular weight is 398 g/mol. The first kappa shape index (κ1) is 15.7. The molecule has 0 saturated carbocycles. The van der Waals surface area contributed by atoms with Crippen molar-refractivity contribution in [1.29, 1.82) is 0 Å². The summed E-state index contributed by atoms with van der Waals surface area (Å²) in [6, 6.07) is 11.9. The third-order valence-electron chi connectivity index (χ3n) is 3.29. The Morgan fingerprint density at radius 2 is 1.05 bits per heavy atom. The van der Waals surface area contributed by atoms with E-state index in [4.69, 9.17) is 11.5 Å². The van der Waals surface area contributed by atoms with Crippen molar-refractivity contribution in [3.05, 3.63) is 67.6 Å². The van der Waals surface area contributed by atoms with Crippen LogP contribution >= 0.6 is 31.9 Å². The van der Waals surface area contributed by atoms with E-state index in [0.717, 1.165) is 20.1 Å². The van der Waals surface area contributed by atoms with Gasteiger partial charge in [0.25, 0.3) is 0 Å². The molecule has 0 spiro atoms. The Balaban J connectivity index is 2.34. The smallest absolute Gasteiger partial charge is 0.0491 e. The van der Waals surface area contributed by atoms with Crippen molar-refractivity contribution in [2.75, 3.05) is 0 Å². The minimum absolute atomic E-state index is 0.236. The van der Waals surface area contributed by atoms with E-state index in [-0.39, 0.29) is 12.1 Å². The molecule has 2 aromatic carbocycles. The van der Waals surface area contributed by atoms with Crippen LogP contribution in [0.5, 0.6) is 0 Å². The Bertz CT molecular complexity index is 530. The van der Waals surface area contributed by atoms with Gasteiger partial charge in [-0.3, -0.25) is 0 Å². The molecule has 2 unspecified atom stereocenters. The molecule has 0 aromatic heterocycles. The first-order chi connectivity index (χ1) is 9.36. The SMILES string of the molecule is Cc1cc(Br)cc(C(N)C(N)c2cc(C)cc(Br)c2)c1. The maximum atomic E-state index is 6.35. The van der Waals surface area contributed by atoms with E-state index in [0.29, 0.717) is 0 Å². The largest absolute Gasteiger partial charge is 0.322 e. The van der Waals surface area contributed by atoms with Crippen LogP contribution in [-0.2, 0) is 0 Å². The van der Waals surface area contributed by atoms with Gasteiger partial charge in [-0.2, -0.15) is 0 Å². The van der Waals surface area contributed by atoms with Crippen LogP contribution in [-0.4, -0.2) is 0 Å². The lowest BCUT2D eigenvalue weighted by atomic mass is 9.93. The number of hydrogen-bond acceptors (Lipinski definition) is 2.